The van der Waals surface area contributed by atoms with Gasteiger partial charge in [0.2, 0.25) is 0 Å². The van der Waals surface area contributed by atoms with Crippen LogP contribution >= 0.6 is 0 Å². The highest BCUT2D eigenvalue weighted by Gasteiger charge is 2.08. The smallest absolute Gasteiger partial charge is 0.339 e. The van der Waals surface area contributed by atoms with Crippen LogP contribution in [0.4, 0.5) is 4.79 Å². The molecule has 2 amide bonds. The highest BCUT2D eigenvalue weighted by Crippen LogP contribution is 1.89. The van der Waals surface area contributed by atoms with Crippen molar-refractivity contribution >= 4 is 18.3 Å². The van der Waals surface area contributed by atoms with Gasteiger partial charge in [0.05, 0.1) is 12.9 Å². The lowest BCUT2D eigenvalue weighted by Gasteiger charge is -2.04. The molecule has 0 unspecified atom stereocenters. The molecule has 0 aliphatic carbocycles. The Labute approximate surface area is 74.7 Å². The number of carbonyl (C=O) groups excluding carboxylic acids is 2. The molecule has 1 rings (SSSR count). The lowest BCUT2D eigenvalue weighted by atomic mass is 10.6. The first-order valence-electron chi connectivity index (χ1n) is 3.46. The van der Waals surface area contributed by atoms with Gasteiger partial charge in [-0.2, -0.15) is 5.26 Å². The average molecular weight is 189 g/mol. The van der Waals surface area contributed by atoms with Crippen molar-refractivity contribution in [3.05, 3.63) is 0 Å². The number of carbonyl (C=O) groups is 2. The summed E-state index contributed by atoms with van der Waals surface area (Å²) in [6.45, 7) is 2.43. The molecule has 0 saturated heterocycles. The normalized spacial score (nSPS) is 13.2. The third-order valence-corrected chi connectivity index (χ3v) is 1.10. The number of urea groups is 1. The van der Waals surface area contributed by atoms with E-state index in [2.05, 4.69) is 9.88 Å². The van der Waals surface area contributed by atoms with Gasteiger partial charge >= 0.3 is 12.0 Å². The molecule has 7 nitrogen and oxygen atoms in total. The van der Waals surface area contributed by atoms with Crippen LogP contribution in [0.15, 0.2) is 4.99 Å². The fraction of sp³-hybridized carbons (Fsp3) is 0.500. The van der Waals surface area contributed by atoms with Gasteiger partial charge in [-0.05, 0) is 0 Å². The zero-order valence-corrected chi connectivity index (χ0v) is 7.14. The Bertz CT molecular complexity index is 216. The summed E-state index contributed by atoms with van der Waals surface area (Å²) < 4.78 is 0. The molecule has 3 N–H and O–H groups in total. The Morgan fingerprint density at radius 1 is 1.69 bits per heavy atom. The van der Waals surface area contributed by atoms with Crippen LogP contribution in [0.1, 0.15) is 6.92 Å². The quantitative estimate of drug-likeness (QED) is 0.393. The van der Waals surface area contributed by atoms with Crippen molar-refractivity contribution < 1.29 is 19.7 Å². The largest absolute Gasteiger partial charge is 0.351 e. The number of hydrogen-bond acceptors (Lipinski definition) is 5. The second kappa shape index (κ2) is 5.95. The number of nitrogens with two attached hydrogens (primary N) is 1. The molecule has 0 aromatic rings. The third-order valence-electron chi connectivity index (χ3n) is 1.10. The molecule has 1 aliphatic heterocycles. The van der Waals surface area contributed by atoms with E-state index in [9.17, 15) is 9.59 Å². The van der Waals surface area contributed by atoms with E-state index >= 15 is 0 Å². The lowest BCUT2D eigenvalue weighted by Crippen LogP contribution is -2.32. The van der Waals surface area contributed by atoms with Gasteiger partial charge in [-0.1, -0.05) is 0 Å². The summed E-state index contributed by atoms with van der Waals surface area (Å²) in [5.74, 6) is -0.690. The molecule has 0 aromatic carbocycles. The Balaban J connectivity index is 0.000000252. The number of primary amides is 1. The maximum atomic E-state index is 10.3. The Hall–Kier alpha value is -1.63. The van der Waals surface area contributed by atoms with Crippen molar-refractivity contribution in [2.45, 2.75) is 6.92 Å². The van der Waals surface area contributed by atoms with Crippen LogP contribution in [0.25, 0.3) is 0 Å². The first-order chi connectivity index (χ1) is 6.07. The number of amides is 2. The predicted octanol–water partition coefficient (Wildman–Crippen LogP) is -0.568. The summed E-state index contributed by atoms with van der Waals surface area (Å²) in [5.41, 5.74) is 4.89. The number of aliphatic imine (C=N–C) groups is 1. The van der Waals surface area contributed by atoms with Gasteiger partial charge < -0.3 is 10.6 Å². The van der Waals surface area contributed by atoms with Crippen LogP contribution < -0.4 is 5.73 Å². The van der Waals surface area contributed by atoms with Crippen molar-refractivity contribution in [1.29, 1.82) is 0 Å². The van der Waals surface area contributed by atoms with E-state index < -0.39 is 12.0 Å². The van der Waals surface area contributed by atoms with Crippen LogP contribution in [-0.4, -0.2) is 41.6 Å². The molecule has 0 atom stereocenters. The predicted molar refractivity (Wildman–Crippen MR) is 44.0 cm³/mol. The van der Waals surface area contributed by atoms with Gasteiger partial charge in [-0.15, -0.1) is 0 Å². The van der Waals surface area contributed by atoms with Crippen molar-refractivity contribution in [3.63, 3.8) is 0 Å². The molecule has 1 heterocycles. The Morgan fingerprint density at radius 3 is 2.38 bits per heavy atom. The summed E-state index contributed by atoms with van der Waals surface area (Å²) in [6.07, 6.45) is 1.46. The molecule has 0 radical (unpaired) electrons. The van der Waals surface area contributed by atoms with Gasteiger partial charge in [0.1, 0.15) is 0 Å². The maximum Gasteiger partial charge on any atom is 0.339 e. The number of rotatable bonds is 0. The van der Waals surface area contributed by atoms with Crippen molar-refractivity contribution in [1.82, 2.24) is 4.90 Å². The van der Waals surface area contributed by atoms with Crippen LogP contribution in [-0.2, 0) is 9.68 Å². The maximum absolute atomic E-state index is 10.3. The summed E-state index contributed by atoms with van der Waals surface area (Å²) in [6, 6.07) is -0.425. The molecule has 1 aliphatic rings. The fourth-order valence-corrected chi connectivity index (χ4v) is 0.547. The number of nitrogens with zero attached hydrogens (tertiary/aromatic N) is 2. The summed E-state index contributed by atoms with van der Waals surface area (Å²) in [4.78, 5) is 27.9. The molecular formula is C6H11N3O4. The van der Waals surface area contributed by atoms with E-state index in [4.69, 9.17) is 11.0 Å². The Kier molecular flexibility index (Phi) is 5.20. The van der Waals surface area contributed by atoms with E-state index in [0.717, 1.165) is 6.92 Å². The Morgan fingerprint density at radius 2 is 2.23 bits per heavy atom. The standard InChI is InChI=1S/C4H7N3O.C2H4O3/c5-4(8)7-2-1-6-3-7;1-2(3)5-4/h3H,1-2H2,(H2,5,8);4H,1H3. The summed E-state index contributed by atoms with van der Waals surface area (Å²) >= 11 is 0. The van der Waals surface area contributed by atoms with Crippen LogP contribution in [0.2, 0.25) is 0 Å². The molecule has 0 spiro atoms. The van der Waals surface area contributed by atoms with E-state index in [1.165, 1.54) is 11.2 Å². The second-order valence-electron chi connectivity index (χ2n) is 2.14. The topological polar surface area (TPSA) is 105 Å². The molecule has 0 fully saturated rings. The molecule has 13 heavy (non-hydrogen) atoms. The monoisotopic (exact) mass is 189 g/mol. The zero-order chi connectivity index (χ0) is 10.3. The van der Waals surface area contributed by atoms with E-state index in [1.54, 1.807) is 0 Å². The van der Waals surface area contributed by atoms with Crippen LogP contribution in [0.5, 0.6) is 0 Å². The zero-order valence-electron chi connectivity index (χ0n) is 7.14. The highest BCUT2D eigenvalue weighted by molar-refractivity contribution is 5.85. The van der Waals surface area contributed by atoms with Crippen LogP contribution in [0.3, 0.4) is 0 Å². The van der Waals surface area contributed by atoms with Crippen LogP contribution in [0, 0.1) is 0 Å². The third kappa shape index (κ3) is 5.62. The molecule has 0 aromatic heterocycles. The van der Waals surface area contributed by atoms with E-state index in [-0.39, 0.29) is 0 Å². The fourth-order valence-electron chi connectivity index (χ4n) is 0.547. The minimum Gasteiger partial charge on any atom is -0.351 e. The second-order valence-corrected chi connectivity index (χ2v) is 2.14. The minimum absolute atomic E-state index is 0.425. The van der Waals surface area contributed by atoms with Crippen molar-refractivity contribution in [3.8, 4) is 0 Å². The highest BCUT2D eigenvalue weighted by atomic mass is 17.1. The van der Waals surface area contributed by atoms with Gasteiger partial charge in [0.15, 0.2) is 0 Å². The summed E-state index contributed by atoms with van der Waals surface area (Å²) in [5, 5.41) is 7.29. The molecule has 7 heteroatoms. The summed E-state index contributed by atoms with van der Waals surface area (Å²) in [7, 11) is 0. The van der Waals surface area contributed by atoms with Gasteiger partial charge in [0, 0.05) is 13.5 Å². The molecule has 0 bridgehead atoms. The number of hydrogen-bond donors (Lipinski definition) is 2. The first kappa shape index (κ1) is 11.4. The van der Waals surface area contributed by atoms with E-state index in [0.29, 0.717) is 13.1 Å². The molecule has 0 saturated carbocycles. The van der Waals surface area contributed by atoms with Gasteiger partial charge in [0.25, 0.3) is 0 Å². The van der Waals surface area contributed by atoms with Gasteiger partial charge in [-0.25, -0.2) is 9.59 Å². The molecule has 74 valence electrons. The van der Waals surface area contributed by atoms with Gasteiger partial charge in [-0.3, -0.25) is 9.89 Å². The minimum atomic E-state index is -0.690. The average Bonchev–Trinajstić information content (AvgIpc) is 2.57. The van der Waals surface area contributed by atoms with E-state index in [1.807, 2.05) is 0 Å². The van der Waals surface area contributed by atoms with Crippen molar-refractivity contribution in [2.75, 3.05) is 13.1 Å². The first-order valence-corrected chi connectivity index (χ1v) is 3.46. The molecular weight excluding hydrogens is 178 g/mol. The van der Waals surface area contributed by atoms with Crippen molar-refractivity contribution in [2.24, 2.45) is 10.7 Å². The SMILES string of the molecule is CC(=O)OO.NC(=O)N1C=NCC1. The lowest BCUT2D eigenvalue weighted by molar-refractivity contribution is -0.231.